The number of aryl methyl sites for hydroxylation is 2. The van der Waals surface area contributed by atoms with E-state index in [4.69, 9.17) is 27.9 Å². The number of carbonyl (C=O) groups excluding carboxylic acids is 1. The van der Waals surface area contributed by atoms with Gasteiger partial charge < -0.3 is 14.7 Å². The van der Waals surface area contributed by atoms with Crippen LogP contribution < -0.4 is 4.74 Å². The Kier molecular flexibility index (Phi) is 8.46. The Labute approximate surface area is 228 Å². The first-order chi connectivity index (χ1) is 17.7. The third kappa shape index (κ3) is 6.65. The Morgan fingerprint density at radius 3 is 2.49 bits per heavy atom. The van der Waals surface area contributed by atoms with Crippen molar-refractivity contribution in [3.63, 3.8) is 0 Å². The summed E-state index contributed by atoms with van der Waals surface area (Å²) in [5.41, 5.74) is 4.18. The molecule has 4 rings (SSSR count). The largest absolute Gasteiger partial charge is 0.487 e. The van der Waals surface area contributed by atoms with Gasteiger partial charge in [0.25, 0.3) is 5.91 Å². The zero-order valence-corrected chi connectivity index (χ0v) is 22.6. The summed E-state index contributed by atoms with van der Waals surface area (Å²) >= 11 is 12.4. The highest BCUT2D eigenvalue weighted by Gasteiger charge is 2.32. The standard InChI is InChI=1S/C30H31Cl2NO4/c1-3-5-20-8-10-21(11-9-20)17-30(2)15-14-22-16-23(12-13-26(22)37-30)29(36)33(19-27(34)35)18-24-6-4-7-25(31)28(24)32/h4,6-13,16H,3,5,14-15,17-19H2,1-2H3,(H,34,35)/t30-/m1/s1. The monoisotopic (exact) mass is 539 g/mol. The summed E-state index contributed by atoms with van der Waals surface area (Å²) in [6, 6.07) is 19.2. The Hall–Kier alpha value is -3.02. The Bertz CT molecular complexity index is 1290. The number of hydrogen-bond donors (Lipinski definition) is 1. The van der Waals surface area contributed by atoms with E-state index in [1.54, 1.807) is 24.3 Å². The van der Waals surface area contributed by atoms with E-state index in [-0.39, 0.29) is 18.1 Å². The first kappa shape index (κ1) is 27.0. The average Bonchev–Trinajstić information content (AvgIpc) is 2.86. The van der Waals surface area contributed by atoms with Crippen molar-refractivity contribution in [3.8, 4) is 5.75 Å². The lowest BCUT2D eigenvalue weighted by Crippen LogP contribution is -2.39. The van der Waals surface area contributed by atoms with Gasteiger partial charge in [0.05, 0.1) is 10.0 Å². The lowest BCUT2D eigenvalue weighted by Gasteiger charge is -2.36. The highest BCUT2D eigenvalue weighted by molar-refractivity contribution is 6.42. The molecule has 0 radical (unpaired) electrons. The van der Waals surface area contributed by atoms with Gasteiger partial charge in [0.15, 0.2) is 0 Å². The summed E-state index contributed by atoms with van der Waals surface area (Å²) in [5.74, 6) is -0.733. The molecule has 1 amide bonds. The topological polar surface area (TPSA) is 66.8 Å². The van der Waals surface area contributed by atoms with Crippen LogP contribution in [0, 0.1) is 0 Å². The maximum absolute atomic E-state index is 13.4. The van der Waals surface area contributed by atoms with Gasteiger partial charge in [0, 0.05) is 18.5 Å². The molecule has 0 saturated carbocycles. The maximum Gasteiger partial charge on any atom is 0.323 e. The number of carboxylic acids is 1. The Morgan fingerprint density at radius 2 is 1.78 bits per heavy atom. The molecule has 0 spiro atoms. The number of aliphatic carboxylic acids is 1. The third-order valence-electron chi connectivity index (χ3n) is 6.73. The van der Waals surface area contributed by atoms with Crippen LogP contribution in [0.15, 0.2) is 60.7 Å². The lowest BCUT2D eigenvalue weighted by atomic mass is 9.86. The van der Waals surface area contributed by atoms with Gasteiger partial charge >= 0.3 is 5.97 Å². The molecular weight excluding hydrogens is 509 g/mol. The van der Waals surface area contributed by atoms with Gasteiger partial charge in [-0.2, -0.15) is 0 Å². The van der Waals surface area contributed by atoms with Gasteiger partial charge in [-0.15, -0.1) is 0 Å². The Balaban J connectivity index is 1.50. The summed E-state index contributed by atoms with van der Waals surface area (Å²) in [6.45, 7) is 3.88. The van der Waals surface area contributed by atoms with Crippen LogP contribution in [0.1, 0.15) is 59.3 Å². The molecule has 194 valence electrons. The smallest absolute Gasteiger partial charge is 0.323 e. The summed E-state index contributed by atoms with van der Waals surface area (Å²) in [7, 11) is 0. The molecule has 1 N–H and O–H groups in total. The van der Waals surface area contributed by atoms with Crippen LogP contribution in [0.4, 0.5) is 0 Å². The second kappa shape index (κ2) is 11.6. The minimum Gasteiger partial charge on any atom is -0.487 e. The molecule has 7 heteroatoms. The number of carboxylic acid groups (broad SMARTS) is 1. The highest BCUT2D eigenvalue weighted by Crippen LogP contribution is 2.36. The molecule has 0 saturated heterocycles. The number of amides is 1. The summed E-state index contributed by atoms with van der Waals surface area (Å²) in [4.78, 5) is 26.1. The van der Waals surface area contributed by atoms with Gasteiger partial charge in [-0.25, -0.2) is 0 Å². The van der Waals surface area contributed by atoms with Crippen molar-refractivity contribution < 1.29 is 19.4 Å². The molecule has 3 aromatic rings. The number of benzene rings is 3. The summed E-state index contributed by atoms with van der Waals surface area (Å²) < 4.78 is 6.43. The molecule has 1 heterocycles. The van der Waals surface area contributed by atoms with Crippen LogP contribution in [0.5, 0.6) is 5.75 Å². The van der Waals surface area contributed by atoms with E-state index in [9.17, 15) is 14.7 Å². The molecule has 3 aromatic carbocycles. The minimum atomic E-state index is -1.11. The maximum atomic E-state index is 13.4. The third-order valence-corrected chi connectivity index (χ3v) is 7.59. The molecular formula is C30H31Cl2NO4. The van der Waals surface area contributed by atoms with Crippen LogP contribution in [-0.4, -0.2) is 34.0 Å². The van der Waals surface area contributed by atoms with Crippen molar-refractivity contribution >= 4 is 35.1 Å². The first-order valence-corrected chi connectivity index (χ1v) is 13.3. The van der Waals surface area contributed by atoms with Crippen molar-refractivity contribution in [1.82, 2.24) is 4.90 Å². The van der Waals surface area contributed by atoms with Crippen molar-refractivity contribution in [2.45, 2.75) is 58.1 Å². The van der Waals surface area contributed by atoms with E-state index >= 15 is 0 Å². The molecule has 0 bridgehead atoms. The summed E-state index contributed by atoms with van der Waals surface area (Å²) in [5, 5.41) is 10.1. The normalized spacial score (nSPS) is 16.5. The zero-order valence-electron chi connectivity index (χ0n) is 21.1. The highest BCUT2D eigenvalue weighted by atomic mass is 35.5. The first-order valence-electron chi connectivity index (χ1n) is 12.5. The van der Waals surface area contributed by atoms with E-state index in [1.165, 1.54) is 16.0 Å². The molecule has 1 aliphatic heterocycles. The van der Waals surface area contributed by atoms with Crippen LogP contribution >= 0.6 is 23.2 Å². The SMILES string of the molecule is CCCc1ccc(C[C@@]2(C)CCc3cc(C(=O)N(CC(=O)O)Cc4cccc(Cl)c4Cl)ccc3O2)cc1. The van der Waals surface area contributed by atoms with Crippen LogP contribution in [0.2, 0.25) is 10.0 Å². The number of nitrogens with zero attached hydrogens (tertiary/aromatic N) is 1. The number of carbonyl (C=O) groups is 2. The van der Waals surface area contributed by atoms with E-state index in [2.05, 4.69) is 38.1 Å². The lowest BCUT2D eigenvalue weighted by molar-refractivity contribution is -0.137. The van der Waals surface area contributed by atoms with Crippen molar-refractivity contribution in [2.75, 3.05) is 6.54 Å². The van der Waals surface area contributed by atoms with Gasteiger partial charge in [-0.1, -0.05) is 72.9 Å². The number of hydrogen-bond acceptors (Lipinski definition) is 3. The fourth-order valence-electron chi connectivity index (χ4n) is 4.81. The van der Waals surface area contributed by atoms with Gasteiger partial charge in [-0.3, -0.25) is 9.59 Å². The number of ether oxygens (including phenoxy) is 1. The van der Waals surface area contributed by atoms with Crippen molar-refractivity contribution in [3.05, 3.63) is 98.5 Å². The zero-order chi connectivity index (χ0) is 26.6. The number of fused-ring (bicyclic) bond motifs is 1. The Morgan fingerprint density at radius 1 is 1.05 bits per heavy atom. The minimum absolute atomic E-state index is 0.0349. The van der Waals surface area contributed by atoms with Crippen LogP contribution in [-0.2, 0) is 30.6 Å². The molecule has 1 atom stereocenters. The van der Waals surface area contributed by atoms with Crippen molar-refractivity contribution in [1.29, 1.82) is 0 Å². The molecule has 5 nitrogen and oxygen atoms in total. The second-order valence-electron chi connectivity index (χ2n) is 9.89. The fraction of sp³-hybridized carbons (Fsp3) is 0.333. The number of halogens is 2. The van der Waals surface area contributed by atoms with Gasteiger partial charge in [0.1, 0.15) is 17.9 Å². The second-order valence-corrected chi connectivity index (χ2v) is 10.7. The van der Waals surface area contributed by atoms with Gasteiger partial charge in [-0.05, 0) is 72.7 Å². The molecule has 0 aromatic heterocycles. The van der Waals surface area contributed by atoms with E-state index in [0.29, 0.717) is 21.2 Å². The van der Waals surface area contributed by atoms with Crippen LogP contribution in [0.3, 0.4) is 0 Å². The average molecular weight is 540 g/mol. The predicted molar refractivity (Wildman–Crippen MR) is 147 cm³/mol. The van der Waals surface area contributed by atoms with Gasteiger partial charge in [0.2, 0.25) is 0 Å². The summed E-state index contributed by atoms with van der Waals surface area (Å²) in [6.07, 6.45) is 4.58. The van der Waals surface area contributed by atoms with E-state index in [1.807, 2.05) is 12.1 Å². The van der Waals surface area contributed by atoms with E-state index < -0.39 is 12.5 Å². The van der Waals surface area contributed by atoms with Crippen molar-refractivity contribution in [2.24, 2.45) is 0 Å². The number of rotatable bonds is 9. The van der Waals surface area contributed by atoms with Crippen LogP contribution in [0.25, 0.3) is 0 Å². The molecule has 37 heavy (non-hydrogen) atoms. The predicted octanol–water partition coefficient (Wildman–Crippen LogP) is 7.00. The quantitative estimate of drug-likeness (QED) is 0.318. The molecule has 0 unspecified atom stereocenters. The molecule has 0 aliphatic carbocycles. The molecule has 0 fully saturated rings. The van der Waals surface area contributed by atoms with E-state index in [0.717, 1.165) is 43.4 Å². The fourth-order valence-corrected chi connectivity index (χ4v) is 5.19. The molecule has 1 aliphatic rings.